The van der Waals surface area contributed by atoms with Crippen LogP contribution in [0.4, 0.5) is 0 Å². The number of rotatable bonds is 8. The average Bonchev–Trinajstić information content (AvgIpc) is 2.98. The van der Waals surface area contributed by atoms with Gasteiger partial charge in [0.2, 0.25) is 11.8 Å². The van der Waals surface area contributed by atoms with E-state index in [2.05, 4.69) is 15.7 Å². The van der Waals surface area contributed by atoms with E-state index in [4.69, 9.17) is 0 Å². The van der Waals surface area contributed by atoms with Crippen molar-refractivity contribution in [3.05, 3.63) is 53.9 Å². The van der Waals surface area contributed by atoms with Gasteiger partial charge in [-0.1, -0.05) is 44.2 Å². The van der Waals surface area contributed by atoms with Crippen LogP contribution in [0.5, 0.6) is 0 Å². The van der Waals surface area contributed by atoms with Gasteiger partial charge in [-0.3, -0.25) is 14.3 Å². The van der Waals surface area contributed by atoms with Crippen molar-refractivity contribution in [3.63, 3.8) is 0 Å². The molecule has 6 nitrogen and oxygen atoms in total. The van der Waals surface area contributed by atoms with Crippen LogP contribution in [-0.2, 0) is 29.5 Å². The number of nitrogens with zero attached hydrogens (tertiary/aromatic N) is 2. The highest BCUT2D eigenvalue weighted by Gasteiger charge is 2.23. The molecule has 2 aromatic rings. The van der Waals surface area contributed by atoms with Gasteiger partial charge in [-0.05, 0) is 23.5 Å². The summed E-state index contributed by atoms with van der Waals surface area (Å²) < 4.78 is 1.73. The van der Waals surface area contributed by atoms with E-state index in [0.29, 0.717) is 13.0 Å². The van der Waals surface area contributed by atoms with E-state index in [0.717, 1.165) is 11.1 Å². The second-order valence-corrected chi connectivity index (χ2v) is 6.51. The summed E-state index contributed by atoms with van der Waals surface area (Å²) in [5, 5.41) is 9.85. The van der Waals surface area contributed by atoms with Crippen molar-refractivity contribution in [1.82, 2.24) is 20.4 Å². The van der Waals surface area contributed by atoms with Crippen molar-refractivity contribution >= 4 is 11.8 Å². The van der Waals surface area contributed by atoms with Crippen LogP contribution in [0.2, 0.25) is 0 Å². The Hall–Kier alpha value is -2.63. The van der Waals surface area contributed by atoms with Crippen LogP contribution in [0.25, 0.3) is 0 Å². The van der Waals surface area contributed by atoms with Crippen LogP contribution in [0, 0.1) is 5.92 Å². The fourth-order valence-electron chi connectivity index (χ4n) is 2.58. The molecule has 0 unspecified atom stereocenters. The van der Waals surface area contributed by atoms with E-state index in [1.165, 1.54) is 0 Å². The Bertz CT molecular complexity index is 694. The minimum atomic E-state index is -0.537. The molecule has 0 spiro atoms. The topological polar surface area (TPSA) is 76.0 Å². The number of carbonyl (C=O) groups excluding carboxylic acids is 2. The first-order valence-electron chi connectivity index (χ1n) is 8.54. The number of hydrogen-bond donors (Lipinski definition) is 2. The van der Waals surface area contributed by atoms with Gasteiger partial charge in [-0.15, -0.1) is 0 Å². The highest BCUT2D eigenvalue weighted by atomic mass is 16.2. The van der Waals surface area contributed by atoms with Crippen LogP contribution in [-0.4, -0.2) is 34.2 Å². The fraction of sp³-hybridized carbons (Fsp3) is 0.421. The molecule has 0 bridgehead atoms. The Kier molecular flexibility index (Phi) is 6.74. The van der Waals surface area contributed by atoms with Crippen LogP contribution in [0.15, 0.2) is 42.7 Å². The van der Waals surface area contributed by atoms with Gasteiger partial charge in [0, 0.05) is 19.8 Å². The summed E-state index contributed by atoms with van der Waals surface area (Å²) in [7, 11) is 1.86. The van der Waals surface area contributed by atoms with Gasteiger partial charge in [0.1, 0.15) is 6.04 Å². The number of aryl methyl sites for hydroxylation is 1. The van der Waals surface area contributed by atoms with Crippen molar-refractivity contribution in [1.29, 1.82) is 0 Å². The van der Waals surface area contributed by atoms with Crippen LogP contribution >= 0.6 is 0 Å². The predicted molar refractivity (Wildman–Crippen MR) is 96.8 cm³/mol. The maximum absolute atomic E-state index is 12.4. The molecule has 0 saturated heterocycles. The van der Waals surface area contributed by atoms with Crippen LogP contribution in [0.1, 0.15) is 25.0 Å². The highest BCUT2D eigenvalue weighted by Crippen LogP contribution is 2.05. The second-order valence-electron chi connectivity index (χ2n) is 6.51. The highest BCUT2D eigenvalue weighted by molar-refractivity contribution is 5.88. The molecule has 0 fully saturated rings. The van der Waals surface area contributed by atoms with Gasteiger partial charge in [0.25, 0.3) is 0 Å². The molecule has 6 heteroatoms. The van der Waals surface area contributed by atoms with Gasteiger partial charge < -0.3 is 10.6 Å². The van der Waals surface area contributed by atoms with Crippen LogP contribution in [0.3, 0.4) is 0 Å². The van der Waals surface area contributed by atoms with Crippen molar-refractivity contribution in [2.45, 2.75) is 32.7 Å². The minimum absolute atomic E-state index is 0.0121. The molecule has 0 aliphatic heterocycles. The smallest absolute Gasteiger partial charge is 0.242 e. The van der Waals surface area contributed by atoms with Crippen molar-refractivity contribution in [2.75, 3.05) is 6.54 Å². The Morgan fingerprint density at radius 3 is 2.48 bits per heavy atom. The first kappa shape index (κ1) is 18.7. The molecule has 0 aliphatic rings. The fourth-order valence-corrected chi connectivity index (χ4v) is 2.58. The summed E-state index contributed by atoms with van der Waals surface area (Å²) in [5.41, 5.74) is 2.00. The Labute approximate surface area is 148 Å². The third-order valence-electron chi connectivity index (χ3n) is 3.94. The number of amides is 2. The average molecular weight is 342 g/mol. The van der Waals surface area contributed by atoms with E-state index in [9.17, 15) is 9.59 Å². The summed E-state index contributed by atoms with van der Waals surface area (Å²) in [4.78, 5) is 24.6. The molecule has 0 saturated carbocycles. The summed E-state index contributed by atoms with van der Waals surface area (Å²) in [6.45, 7) is 4.37. The minimum Gasteiger partial charge on any atom is -0.354 e. The molecule has 134 valence electrons. The zero-order valence-electron chi connectivity index (χ0n) is 15.0. The molecule has 0 aliphatic carbocycles. The Balaban J connectivity index is 1.83. The quantitative estimate of drug-likeness (QED) is 0.763. The lowest BCUT2D eigenvalue weighted by molar-refractivity contribution is -0.129. The van der Waals surface area contributed by atoms with Crippen molar-refractivity contribution in [3.8, 4) is 0 Å². The number of carbonyl (C=O) groups is 2. The lowest BCUT2D eigenvalue weighted by atomic mass is 10.0. The standard InChI is InChI=1S/C19H26N4O2/c1-14(2)18(22-17(24)11-15-7-5-4-6-8-15)19(25)20-10-9-16-12-21-23(3)13-16/h4-8,12-14,18H,9-11H2,1-3H3,(H,20,25)(H,22,24)/t18-/m1/s1. The van der Waals surface area contributed by atoms with Gasteiger partial charge >= 0.3 is 0 Å². The Morgan fingerprint density at radius 1 is 1.16 bits per heavy atom. The monoisotopic (exact) mass is 342 g/mol. The maximum atomic E-state index is 12.4. The van der Waals surface area contributed by atoms with Gasteiger partial charge in [-0.25, -0.2) is 0 Å². The molecule has 1 atom stereocenters. The summed E-state index contributed by atoms with van der Waals surface area (Å²) in [6.07, 6.45) is 4.69. The molecule has 2 N–H and O–H groups in total. The van der Waals surface area contributed by atoms with Crippen LogP contribution < -0.4 is 10.6 Å². The number of nitrogens with one attached hydrogen (secondary N) is 2. The van der Waals surface area contributed by atoms with E-state index in [1.54, 1.807) is 10.9 Å². The first-order valence-corrected chi connectivity index (χ1v) is 8.54. The number of hydrogen-bond acceptors (Lipinski definition) is 3. The maximum Gasteiger partial charge on any atom is 0.242 e. The summed E-state index contributed by atoms with van der Waals surface area (Å²) >= 11 is 0. The molecular weight excluding hydrogens is 316 g/mol. The first-order chi connectivity index (χ1) is 12.0. The van der Waals surface area contributed by atoms with Gasteiger partial charge in [0.15, 0.2) is 0 Å². The van der Waals surface area contributed by atoms with Gasteiger partial charge in [-0.2, -0.15) is 5.10 Å². The third kappa shape index (κ3) is 6.06. The molecule has 1 heterocycles. The zero-order chi connectivity index (χ0) is 18.2. The van der Waals surface area contributed by atoms with E-state index >= 15 is 0 Å². The molecule has 0 radical (unpaired) electrons. The number of aromatic nitrogens is 2. The third-order valence-corrected chi connectivity index (χ3v) is 3.94. The molecule has 2 rings (SSSR count). The molecule has 2 amide bonds. The SMILES string of the molecule is CC(C)[C@@H](NC(=O)Cc1ccccc1)C(=O)NCCc1cnn(C)c1. The predicted octanol–water partition coefficient (Wildman–Crippen LogP) is 1.46. The van der Waals surface area contributed by atoms with Crippen molar-refractivity contribution < 1.29 is 9.59 Å². The zero-order valence-corrected chi connectivity index (χ0v) is 15.0. The summed E-state index contributed by atoms with van der Waals surface area (Å²) in [6, 6.07) is 8.97. The molecule has 25 heavy (non-hydrogen) atoms. The van der Waals surface area contributed by atoms with E-state index in [1.807, 2.05) is 57.4 Å². The number of benzene rings is 1. The molecule has 1 aromatic carbocycles. The van der Waals surface area contributed by atoms with Crippen molar-refractivity contribution in [2.24, 2.45) is 13.0 Å². The van der Waals surface area contributed by atoms with E-state index in [-0.39, 0.29) is 24.2 Å². The Morgan fingerprint density at radius 2 is 1.88 bits per heavy atom. The summed E-state index contributed by atoms with van der Waals surface area (Å²) in [5.74, 6) is -0.286. The largest absolute Gasteiger partial charge is 0.354 e. The normalized spacial score (nSPS) is 12.0. The molecular formula is C19H26N4O2. The van der Waals surface area contributed by atoms with Gasteiger partial charge in [0.05, 0.1) is 12.6 Å². The van der Waals surface area contributed by atoms with E-state index < -0.39 is 6.04 Å². The second kappa shape index (κ2) is 9.01. The molecule has 1 aromatic heterocycles. The lowest BCUT2D eigenvalue weighted by Crippen LogP contribution is -2.50. The lowest BCUT2D eigenvalue weighted by Gasteiger charge is -2.21.